The van der Waals surface area contributed by atoms with Crippen molar-refractivity contribution in [3.8, 4) is 5.69 Å². The van der Waals surface area contributed by atoms with Crippen LogP contribution in [0.15, 0.2) is 57.7 Å². The Kier molecular flexibility index (Phi) is 5.95. The van der Waals surface area contributed by atoms with Crippen molar-refractivity contribution in [1.29, 1.82) is 0 Å². The Morgan fingerprint density at radius 3 is 2.50 bits per heavy atom. The molecule has 0 fully saturated rings. The van der Waals surface area contributed by atoms with E-state index in [1.165, 1.54) is 0 Å². The standard InChI is InChI=1S/C24H25ClN4O3/c1-15-13-20(16(2)29(15)19-8-5-17(25)6-9-19)23(30)26-18-7-10-22-21(14-18)28(24(31)32-22)12-11-27(3)4/h5-10,13-14H,11-12H2,1-4H3,(H,26,30). The summed E-state index contributed by atoms with van der Waals surface area (Å²) < 4.78 is 8.93. The lowest BCUT2D eigenvalue weighted by Crippen LogP contribution is -2.23. The molecule has 0 unspecified atom stereocenters. The Morgan fingerprint density at radius 1 is 1.09 bits per heavy atom. The summed E-state index contributed by atoms with van der Waals surface area (Å²) in [5.41, 5.74) is 5.03. The number of hydrogen-bond acceptors (Lipinski definition) is 4. The second kappa shape index (κ2) is 8.68. The summed E-state index contributed by atoms with van der Waals surface area (Å²) in [5, 5.41) is 3.61. The van der Waals surface area contributed by atoms with Gasteiger partial charge in [0.15, 0.2) is 5.58 Å². The number of aromatic nitrogens is 2. The lowest BCUT2D eigenvalue weighted by molar-refractivity contribution is 0.102. The van der Waals surface area contributed by atoms with Crippen LogP contribution in [0.2, 0.25) is 5.02 Å². The third-order valence-electron chi connectivity index (χ3n) is 5.46. The maximum atomic E-state index is 13.1. The van der Waals surface area contributed by atoms with Gasteiger partial charge in [0.2, 0.25) is 0 Å². The zero-order valence-electron chi connectivity index (χ0n) is 18.5. The van der Waals surface area contributed by atoms with Crippen molar-refractivity contribution in [1.82, 2.24) is 14.0 Å². The van der Waals surface area contributed by atoms with E-state index in [1.807, 2.05) is 67.7 Å². The Morgan fingerprint density at radius 2 is 1.81 bits per heavy atom. The monoisotopic (exact) mass is 452 g/mol. The highest BCUT2D eigenvalue weighted by atomic mass is 35.5. The Balaban J connectivity index is 1.63. The molecule has 2 aromatic carbocycles. The van der Waals surface area contributed by atoms with Gasteiger partial charge in [0.05, 0.1) is 11.1 Å². The number of hydrogen-bond donors (Lipinski definition) is 1. The zero-order chi connectivity index (χ0) is 23.0. The normalized spacial score (nSPS) is 11.4. The molecule has 32 heavy (non-hydrogen) atoms. The first-order valence-corrected chi connectivity index (χ1v) is 10.7. The average molecular weight is 453 g/mol. The summed E-state index contributed by atoms with van der Waals surface area (Å²) in [5.74, 6) is -0.625. The fraction of sp³-hybridized carbons (Fsp3) is 0.250. The highest BCUT2D eigenvalue weighted by Gasteiger charge is 2.18. The SMILES string of the molecule is Cc1cc(C(=O)Nc2ccc3oc(=O)n(CCN(C)C)c3c2)c(C)n1-c1ccc(Cl)cc1. The van der Waals surface area contributed by atoms with Gasteiger partial charge in [0.1, 0.15) is 0 Å². The second-order valence-electron chi connectivity index (χ2n) is 8.06. The van der Waals surface area contributed by atoms with Crippen molar-refractivity contribution in [3.63, 3.8) is 0 Å². The average Bonchev–Trinajstić information content (AvgIpc) is 3.22. The maximum Gasteiger partial charge on any atom is 0.419 e. The molecule has 7 nitrogen and oxygen atoms in total. The van der Waals surface area contributed by atoms with Crippen molar-refractivity contribution in [2.45, 2.75) is 20.4 Å². The molecular formula is C24H25ClN4O3. The van der Waals surface area contributed by atoms with E-state index in [9.17, 15) is 9.59 Å². The number of amides is 1. The fourth-order valence-corrected chi connectivity index (χ4v) is 3.96. The number of rotatable bonds is 6. The van der Waals surface area contributed by atoms with E-state index in [0.717, 1.165) is 17.1 Å². The minimum Gasteiger partial charge on any atom is -0.408 e. The van der Waals surface area contributed by atoms with Crippen LogP contribution >= 0.6 is 11.6 Å². The second-order valence-corrected chi connectivity index (χ2v) is 8.49. The molecule has 0 aliphatic heterocycles. The first-order valence-electron chi connectivity index (χ1n) is 10.3. The van der Waals surface area contributed by atoms with Crippen LogP contribution in [-0.2, 0) is 6.54 Å². The van der Waals surface area contributed by atoms with Gasteiger partial charge in [0.25, 0.3) is 5.91 Å². The Bertz CT molecular complexity index is 1350. The maximum absolute atomic E-state index is 13.1. The summed E-state index contributed by atoms with van der Waals surface area (Å²) in [6, 6.07) is 14.6. The van der Waals surface area contributed by atoms with Crippen LogP contribution in [0.25, 0.3) is 16.8 Å². The van der Waals surface area contributed by atoms with Crippen LogP contribution in [0.1, 0.15) is 21.7 Å². The lowest BCUT2D eigenvalue weighted by atomic mass is 10.2. The van der Waals surface area contributed by atoms with Crippen molar-refractivity contribution in [2.24, 2.45) is 0 Å². The lowest BCUT2D eigenvalue weighted by Gasteiger charge is -2.11. The van der Waals surface area contributed by atoms with Crippen LogP contribution in [0.5, 0.6) is 0 Å². The number of anilines is 1. The highest BCUT2D eigenvalue weighted by Crippen LogP contribution is 2.24. The highest BCUT2D eigenvalue weighted by molar-refractivity contribution is 6.30. The van der Waals surface area contributed by atoms with Gasteiger partial charge in [-0.2, -0.15) is 0 Å². The summed E-state index contributed by atoms with van der Waals surface area (Å²) in [7, 11) is 3.89. The number of nitrogens with one attached hydrogen (secondary N) is 1. The number of aryl methyl sites for hydroxylation is 1. The number of benzene rings is 2. The van der Waals surface area contributed by atoms with E-state index in [2.05, 4.69) is 5.32 Å². The first-order chi connectivity index (χ1) is 15.2. The van der Waals surface area contributed by atoms with Crippen LogP contribution in [0, 0.1) is 13.8 Å². The third kappa shape index (κ3) is 4.22. The molecule has 1 N–H and O–H groups in total. The summed E-state index contributed by atoms with van der Waals surface area (Å²) in [6.45, 7) is 5.06. The predicted octanol–water partition coefficient (Wildman–Crippen LogP) is 4.47. The van der Waals surface area contributed by atoms with Gasteiger partial charge >= 0.3 is 5.76 Å². The molecule has 0 bridgehead atoms. The molecule has 4 rings (SSSR count). The number of halogens is 1. The van der Waals surface area contributed by atoms with Crippen LogP contribution < -0.4 is 11.1 Å². The van der Waals surface area contributed by atoms with Crippen LogP contribution in [0.4, 0.5) is 5.69 Å². The van der Waals surface area contributed by atoms with Crippen LogP contribution in [-0.4, -0.2) is 40.6 Å². The Labute approximate surface area is 190 Å². The minimum atomic E-state index is -0.406. The number of oxazole rings is 1. The molecule has 0 aliphatic rings. The van der Waals surface area contributed by atoms with Crippen molar-refractivity contribution < 1.29 is 9.21 Å². The number of carbonyl (C=O) groups excluding carboxylic acids is 1. The Hall–Kier alpha value is -3.29. The summed E-state index contributed by atoms with van der Waals surface area (Å²) in [6.07, 6.45) is 0. The number of likely N-dealkylation sites (N-methyl/N-ethyl adjacent to an activating group) is 1. The molecule has 2 aromatic heterocycles. The molecule has 0 atom stereocenters. The molecule has 4 aromatic rings. The van der Waals surface area contributed by atoms with Crippen molar-refractivity contribution >= 4 is 34.3 Å². The van der Waals surface area contributed by atoms with Gasteiger partial charge in [-0.15, -0.1) is 0 Å². The minimum absolute atomic E-state index is 0.219. The fourth-order valence-electron chi connectivity index (χ4n) is 3.83. The molecule has 8 heteroatoms. The van der Waals surface area contributed by atoms with Gasteiger partial charge in [-0.25, -0.2) is 4.79 Å². The molecule has 2 heterocycles. The van der Waals surface area contributed by atoms with E-state index in [0.29, 0.717) is 40.5 Å². The number of carbonyl (C=O) groups is 1. The van der Waals surface area contributed by atoms with Gasteiger partial charge in [-0.1, -0.05) is 11.6 Å². The summed E-state index contributed by atoms with van der Waals surface area (Å²) >= 11 is 6.01. The van der Waals surface area contributed by atoms with Crippen LogP contribution in [0.3, 0.4) is 0 Å². The molecule has 166 valence electrons. The molecule has 0 spiro atoms. The molecule has 0 radical (unpaired) electrons. The van der Waals surface area contributed by atoms with Gasteiger partial charge in [-0.05, 0) is 76.5 Å². The predicted molar refractivity (Wildman–Crippen MR) is 127 cm³/mol. The van der Waals surface area contributed by atoms with E-state index in [4.69, 9.17) is 16.0 Å². The summed E-state index contributed by atoms with van der Waals surface area (Å²) in [4.78, 5) is 27.3. The molecule has 1 amide bonds. The quantitative estimate of drug-likeness (QED) is 0.468. The molecule has 0 aliphatic carbocycles. The zero-order valence-corrected chi connectivity index (χ0v) is 19.2. The van der Waals surface area contributed by atoms with Gasteiger partial charge in [-0.3, -0.25) is 9.36 Å². The van der Waals surface area contributed by atoms with Crippen molar-refractivity contribution in [3.05, 3.63) is 81.1 Å². The number of fused-ring (bicyclic) bond motifs is 1. The topological polar surface area (TPSA) is 72.4 Å². The smallest absolute Gasteiger partial charge is 0.408 e. The molecule has 0 saturated heterocycles. The molecular weight excluding hydrogens is 428 g/mol. The third-order valence-corrected chi connectivity index (χ3v) is 5.71. The number of nitrogens with zero attached hydrogens (tertiary/aromatic N) is 3. The van der Waals surface area contributed by atoms with E-state index >= 15 is 0 Å². The first kappa shape index (κ1) is 21.9. The van der Waals surface area contributed by atoms with Crippen molar-refractivity contribution in [2.75, 3.05) is 26.0 Å². The van der Waals surface area contributed by atoms with Gasteiger partial charge in [0, 0.05) is 40.9 Å². The largest absolute Gasteiger partial charge is 0.419 e. The van der Waals surface area contributed by atoms with Gasteiger partial charge < -0.3 is 19.2 Å². The van der Waals surface area contributed by atoms with E-state index in [1.54, 1.807) is 22.8 Å². The molecule has 0 saturated carbocycles. The van der Waals surface area contributed by atoms with E-state index in [-0.39, 0.29) is 5.91 Å². The van der Waals surface area contributed by atoms with E-state index < -0.39 is 5.76 Å².